The van der Waals surface area contributed by atoms with Gasteiger partial charge in [-0.05, 0) is 55.4 Å². The van der Waals surface area contributed by atoms with Crippen LogP contribution in [0.3, 0.4) is 0 Å². The van der Waals surface area contributed by atoms with Crippen molar-refractivity contribution in [3.05, 3.63) is 29.6 Å². The SMILES string of the molecule is O=C(CCC1CCCCC1)NC(NC(=S)NC1CCCc2cccnc21)C(Cl)(Cl)Cl. The molecule has 5 nitrogen and oxygen atoms in total. The number of nitrogens with zero attached hydrogens (tertiary/aromatic N) is 1. The normalized spacial score (nSPS) is 20.7. The summed E-state index contributed by atoms with van der Waals surface area (Å²) in [7, 11) is 0. The highest BCUT2D eigenvalue weighted by Crippen LogP contribution is 2.31. The van der Waals surface area contributed by atoms with Crippen LogP contribution in [0.2, 0.25) is 0 Å². The molecule has 9 heteroatoms. The monoisotopic (exact) mass is 490 g/mol. The minimum Gasteiger partial charge on any atom is -0.354 e. The second-order valence-electron chi connectivity index (χ2n) is 8.20. The molecule has 1 aromatic rings. The van der Waals surface area contributed by atoms with Crippen LogP contribution in [-0.2, 0) is 11.2 Å². The number of nitrogens with one attached hydrogen (secondary N) is 3. The van der Waals surface area contributed by atoms with Crippen LogP contribution in [0.15, 0.2) is 18.3 Å². The van der Waals surface area contributed by atoms with Crippen molar-refractivity contribution in [3.63, 3.8) is 0 Å². The fourth-order valence-corrected chi connectivity index (χ4v) is 4.91. The Balaban J connectivity index is 1.53. The molecule has 2 aliphatic carbocycles. The number of thiocarbonyl (C=S) groups is 1. The number of alkyl halides is 3. The van der Waals surface area contributed by atoms with Gasteiger partial charge in [0, 0.05) is 12.6 Å². The van der Waals surface area contributed by atoms with Crippen molar-refractivity contribution in [2.24, 2.45) is 5.92 Å². The van der Waals surface area contributed by atoms with Crippen LogP contribution < -0.4 is 16.0 Å². The third kappa shape index (κ3) is 7.11. The Labute approximate surface area is 199 Å². The molecule has 166 valence electrons. The Hall–Kier alpha value is -0.820. The summed E-state index contributed by atoms with van der Waals surface area (Å²) >= 11 is 23.8. The second kappa shape index (κ2) is 11.2. The maximum Gasteiger partial charge on any atom is 0.228 e. The number of carbonyl (C=O) groups excluding carboxylic acids is 1. The number of hydrogen-bond donors (Lipinski definition) is 3. The van der Waals surface area contributed by atoms with Crippen LogP contribution in [0.25, 0.3) is 0 Å². The van der Waals surface area contributed by atoms with E-state index < -0.39 is 9.96 Å². The average Bonchev–Trinajstić information content (AvgIpc) is 2.72. The van der Waals surface area contributed by atoms with Gasteiger partial charge in [-0.3, -0.25) is 9.78 Å². The van der Waals surface area contributed by atoms with Gasteiger partial charge in [-0.2, -0.15) is 0 Å². The highest BCUT2D eigenvalue weighted by molar-refractivity contribution is 7.80. The van der Waals surface area contributed by atoms with Gasteiger partial charge in [-0.25, -0.2) is 0 Å². The first-order valence-electron chi connectivity index (χ1n) is 10.7. The van der Waals surface area contributed by atoms with Crippen molar-refractivity contribution in [1.82, 2.24) is 20.9 Å². The van der Waals surface area contributed by atoms with E-state index in [4.69, 9.17) is 47.0 Å². The summed E-state index contributed by atoms with van der Waals surface area (Å²) in [4.78, 5) is 17.0. The van der Waals surface area contributed by atoms with E-state index in [0.29, 0.717) is 17.5 Å². The van der Waals surface area contributed by atoms with Gasteiger partial charge in [-0.1, -0.05) is 73.0 Å². The molecule has 2 atom stereocenters. The predicted molar refractivity (Wildman–Crippen MR) is 127 cm³/mol. The van der Waals surface area contributed by atoms with Crippen LogP contribution >= 0.6 is 47.0 Å². The molecule has 0 aliphatic heterocycles. The highest BCUT2D eigenvalue weighted by Gasteiger charge is 2.35. The van der Waals surface area contributed by atoms with Gasteiger partial charge in [0.05, 0.1) is 11.7 Å². The van der Waals surface area contributed by atoms with E-state index in [1.807, 2.05) is 6.07 Å². The van der Waals surface area contributed by atoms with Gasteiger partial charge >= 0.3 is 0 Å². The van der Waals surface area contributed by atoms with Crippen LogP contribution in [0.5, 0.6) is 0 Å². The Morgan fingerprint density at radius 3 is 2.67 bits per heavy atom. The largest absolute Gasteiger partial charge is 0.354 e. The van der Waals surface area contributed by atoms with Gasteiger partial charge in [0.1, 0.15) is 6.17 Å². The highest BCUT2D eigenvalue weighted by atomic mass is 35.6. The minimum atomic E-state index is -1.74. The molecule has 1 amide bonds. The van der Waals surface area contributed by atoms with Crippen LogP contribution in [0, 0.1) is 5.92 Å². The molecule has 3 rings (SSSR count). The lowest BCUT2D eigenvalue weighted by Gasteiger charge is -2.31. The topological polar surface area (TPSA) is 66.1 Å². The van der Waals surface area contributed by atoms with Crippen molar-refractivity contribution in [2.45, 2.75) is 80.2 Å². The van der Waals surface area contributed by atoms with Crippen LogP contribution in [-0.4, -0.2) is 26.0 Å². The number of halogens is 3. The summed E-state index contributed by atoms with van der Waals surface area (Å²) in [6, 6.07) is 4.02. The predicted octanol–water partition coefficient (Wildman–Crippen LogP) is 5.10. The summed E-state index contributed by atoms with van der Waals surface area (Å²) in [5, 5.41) is 9.35. The molecule has 0 bridgehead atoms. The number of pyridine rings is 1. The molecule has 3 N–H and O–H groups in total. The number of aryl methyl sites for hydroxylation is 1. The molecule has 2 aliphatic rings. The molecule has 1 aromatic heterocycles. The van der Waals surface area contributed by atoms with Crippen molar-refractivity contribution < 1.29 is 4.79 Å². The molecule has 30 heavy (non-hydrogen) atoms. The molecule has 0 spiro atoms. The first-order chi connectivity index (χ1) is 14.3. The van der Waals surface area contributed by atoms with Gasteiger partial charge in [-0.15, -0.1) is 0 Å². The molecule has 1 saturated carbocycles. The number of amides is 1. The molecule has 0 aromatic carbocycles. The number of carbonyl (C=O) groups is 1. The molecule has 2 unspecified atom stereocenters. The van der Waals surface area contributed by atoms with E-state index in [9.17, 15) is 4.79 Å². The Bertz CT molecular complexity index is 737. The van der Waals surface area contributed by atoms with Gasteiger partial charge < -0.3 is 16.0 Å². The van der Waals surface area contributed by atoms with Crippen LogP contribution in [0.4, 0.5) is 0 Å². The van der Waals surface area contributed by atoms with E-state index in [1.54, 1.807) is 6.20 Å². The number of hydrogen-bond acceptors (Lipinski definition) is 3. The van der Waals surface area contributed by atoms with Crippen LogP contribution in [0.1, 0.15) is 75.1 Å². The zero-order chi connectivity index (χ0) is 21.6. The quantitative estimate of drug-likeness (QED) is 0.294. The first-order valence-corrected chi connectivity index (χ1v) is 12.2. The number of aromatic nitrogens is 1. The molecule has 1 fully saturated rings. The summed E-state index contributed by atoms with van der Waals surface area (Å²) < 4.78 is -1.74. The summed E-state index contributed by atoms with van der Waals surface area (Å²) in [6.07, 6.45) is 11.3. The fourth-order valence-electron chi connectivity index (χ4n) is 4.32. The lowest BCUT2D eigenvalue weighted by Crippen LogP contribution is -2.57. The molecule has 0 radical (unpaired) electrons. The lowest BCUT2D eigenvalue weighted by atomic mass is 9.86. The Morgan fingerprint density at radius 2 is 1.93 bits per heavy atom. The van der Waals surface area contributed by atoms with E-state index in [1.165, 1.54) is 37.7 Å². The summed E-state index contributed by atoms with van der Waals surface area (Å²) in [5.41, 5.74) is 2.22. The molecular formula is C21H29Cl3N4OS. The zero-order valence-electron chi connectivity index (χ0n) is 16.9. The average molecular weight is 492 g/mol. The second-order valence-corrected chi connectivity index (χ2v) is 11.0. The van der Waals surface area contributed by atoms with Crippen molar-refractivity contribution in [3.8, 4) is 0 Å². The minimum absolute atomic E-state index is 0.00650. The molecule has 1 heterocycles. The third-order valence-electron chi connectivity index (χ3n) is 5.91. The van der Waals surface area contributed by atoms with E-state index in [0.717, 1.165) is 31.4 Å². The summed E-state index contributed by atoms with van der Waals surface area (Å²) in [6.45, 7) is 0. The number of rotatable bonds is 6. The molecule has 0 saturated heterocycles. The van der Waals surface area contributed by atoms with E-state index in [-0.39, 0.29) is 11.9 Å². The third-order valence-corrected chi connectivity index (χ3v) is 6.80. The zero-order valence-corrected chi connectivity index (χ0v) is 20.0. The maximum atomic E-state index is 12.5. The smallest absolute Gasteiger partial charge is 0.228 e. The van der Waals surface area contributed by atoms with E-state index >= 15 is 0 Å². The summed E-state index contributed by atoms with van der Waals surface area (Å²) in [5.74, 6) is 0.474. The van der Waals surface area contributed by atoms with Gasteiger partial charge in [0.25, 0.3) is 0 Å². The standard InChI is InChI=1S/C21H29Cl3N4OS/c22-21(23,24)19(27-17(29)12-11-14-6-2-1-3-7-14)28-20(30)26-16-10-4-8-15-9-5-13-25-18(15)16/h5,9,13-14,16,19H,1-4,6-8,10-12H2,(H,27,29)(H2,26,28,30). The number of fused-ring (bicyclic) bond motifs is 1. The van der Waals surface area contributed by atoms with E-state index in [2.05, 4.69) is 27.0 Å². The maximum absolute atomic E-state index is 12.5. The van der Waals surface area contributed by atoms with Crippen molar-refractivity contribution in [1.29, 1.82) is 0 Å². The first kappa shape index (κ1) is 23.8. The lowest BCUT2D eigenvalue weighted by molar-refractivity contribution is -0.122. The Kier molecular flexibility index (Phi) is 8.87. The Morgan fingerprint density at radius 1 is 1.17 bits per heavy atom. The van der Waals surface area contributed by atoms with Crippen molar-refractivity contribution >= 4 is 58.0 Å². The fraction of sp³-hybridized carbons (Fsp3) is 0.667. The van der Waals surface area contributed by atoms with Crippen molar-refractivity contribution in [2.75, 3.05) is 0 Å². The van der Waals surface area contributed by atoms with Gasteiger partial charge in [0.2, 0.25) is 9.70 Å². The molecular weight excluding hydrogens is 463 g/mol. The van der Waals surface area contributed by atoms with Gasteiger partial charge in [0.15, 0.2) is 5.11 Å².